The number of hydrogen-bond acceptors (Lipinski definition) is 4. The highest BCUT2D eigenvalue weighted by atomic mass is 16.7. The zero-order chi connectivity index (χ0) is 13.2. The minimum absolute atomic E-state index is 0.311. The van der Waals surface area contributed by atoms with Crippen molar-refractivity contribution in [3.8, 4) is 0 Å². The summed E-state index contributed by atoms with van der Waals surface area (Å²) in [6.45, 7) is 2.22. The van der Waals surface area contributed by atoms with Crippen LogP contribution in [0.5, 0.6) is 0 Å². The molecule has 0 aliphatic carbocycles. The quantitative estimate of drug-likeness (QED) is 0.797. The monoisotopic (exact) mass is 251 g/mol. The van der Waals surface area contributed by atoms with Gasteiger partial charge in [0.2, 0.25) is 0 Å². The van der Waals surface area contributed by atoms with Crippen molar-refractivity contribution in [1.82, 2.24) is 4.90 Å². The SMILES string of the molecule is COC1(OC)CN(Cc2ccc(C(=O)O)cc2)C1. The molecule has 0 spiro atoms. The molecule has 1 aromatic carbocycles. The lowest BCUT2D eigenvalue weighted by molar-refractivity contribution is -0.277. The summed E-state index contributed by atoms with van der Waals surface area (Å²) in [7, 11) is 3.28. The Labute approximate surface area is 106 Å². The van der Waals surface area contributed by atoms with Crippen molar-refractivity contribution in [3.05, 3.63) is 35.4 Å². The van der Waals surface area contributed by atoms with Gasteiger partial charge < -0.3 is 14.6 Å². The van der Waals surface area contributed by atoms with Gasteiger partial charge in [0.15, 0.2) is 5.79 Å². The van der Waals surface area contributed by atoms with Gasteiger partial charge in [-0.3, -0.25) is 4.90 Å². The van der Waals surface area contributed by atoms with Gasteiger partial charge in [0, 0.05) is 20.8 Å². The maximum Gasteiger partial charge on any atom is 0.335 e. The van der Waals surface area contributed by atoms with Crippen molar-refractivity contribution in [3.63, 3.8) is 0 Å². The molecule has 1 fully saturated rings. The minimum atomic E-state index is -0.900. The van der Waals surface area contributed by atoms with E-state index in [1.165, 1.54) is 0 Å². The van der Waals surface area contributed by atoms with E-state index in [1.54, 1.807) is 26.4 Å². The highest BCUT2D eigenvalue weighted by Crippen LogP contribution is 2.26. The van der Waals surface area contributed by atoms with Crippen LogP contribution in [0.2, 0.25) is 0 Å². The Bertz CT molecular complexity index is 417. The summed E-state index contributed by atoms with van der Waals surface area (Å²) in [5.41, 5.74) is 1.39. The van der Waals surface area contributed by atoms with Crippen LogP contribution in [0, 0.1) is 0 Å². The molecule has 5 heteroatoms. The van der Waals surface area contributed by atoms with Crippen molar-refractivity contribution in [2.24, 2.45) is 0 Å². The maximum atomic E-state index is 10.7. The Balaban J connectivity index is 1.90. The summed E-state index contributed by atoms with van der Waals surface area (Å²) in [5, 5.41) is 8.80. The third kappa shape index (κ3) is 2.53. The summed E-state index contributed by atoms with van der Waals surface area (Å²) < 4.78 is 10.6. The molecule has 1 saturated heterocycles. The van der Waals surface area contributed by atoms with Crippen molar-refractivity contribution in [1.29, 1.82) is 0 Å². The molecule has 1 N–H and O–H groups in total. The Kier molecular flexibility index (Phi) is 3.65. The second-order valence-corrected chi connectivity index (χ2v) is 4.47. The number of hydrogen-bond donors (Lipinski definition) is 1. The lowest BCUT2D eigenvalue weighted by Gasteiger charge is -2.47. The van der Waals surface area contributed by atoms with Crippen molar-refractivity contribution in [2.75, 3.05) is 27.3 Å². The molecule has 1 aliphatic heterocycles. The second kappa shape index (κ2) is 5.06. The third-order valence-electron chi connectivity index (χ3n) is 3.28. The van der Waals surface area contributed by atoms with Crippen LogP contribution in [-0.4, -0.2) is 49.1 Å². The second-order valence-electron chi connectivity index (χ2n) is 4.47. The molecule has 18 heavy (non-hydrogen) atoms. The molecular formula is C13H17NO4. The number of carboxylic acid groups (broad SMARTS) is 1. The summed E-state index contributed by atoms with van der Waals surface area (Å²) >= 11 is 0. The highest BCUT2D eigenvalue weighted by molar-refractivity contribution is 5.87. The first-order chi connectivity index (χ1) is 8.58. The molecule has 0 radical (unpaired) electrons. The zero-order valence-electron chi connectivity index (χ0n) is 10.5. The van der Waals surface area contributed by atoms with Gasteiger partial charge in [-0.15, -0.1) is 0 Å². The normalized spacial score (nSPS) is 18.3. The third-order valence-corrected chi connectivity index (χ3v) is 3.28. The van der Waals surface area contributed by atoms with E-state index < -0.39 is 11.8 Å². The number of aromatic carboxylic acids is 1. The van der Waals surface area contributed by atoms with Crippen molar-refractivity contribution in [2.45, 2.75) is 12.3 Å². The van der Waals surface area contributed by atoms with E-state index in [9.17, 15) is 4.79 Å². The van der Waals surface area contributed by atoms with Gasteiger partial charge in [-0.2, -0.15) is 0 Å². The smallest absolute Gasteiger partial charge is 0.335 e. The fourth-order valence-electron chi connectivity index (χ4n) is 2.10. The van der Waals surface area contributed by atoms with Gasteiger partial charge in [-0.25, -0.2) is 4.79 Å². The Morgan fingerprint density at radius 3 is 2.28 bits per heavy atom. The van der Waals surface area contributed by atoms with E-state index in [4.69, 9.17) is 14.6 Å². The number of methoxy groups -OCH3 is 2. The first kappa shape index (κ1) is 13.0. The molecule has 1 aliphatic rings. The topological polar surface area (TPSA) is 59.0 Å². The van der Waals surface area contributed by atoms with Crippen LogP contribution in [0.1, 0.15) is 15.9 Å². The Morgan fingerprint density at radius 1 is 1.28 bits per heavy atom. The number of likely N-dealkylation sites (tertiary alicyclic amines) is 1. The van der Waals surface area contributed by atoms with Crippen LogP contribution >= 0.6 is 0 Å². The van der Waals surface area contributed by atoms with E-state index in [0.717, 1.165) is 25.2 Å². The average molecular weight is 251 g/mol. The number of benzene rings is 1. The fraction of sp³-hybridized carbons (Fsp3) is 0.462. The largest absolute Gasteiger partial charge is 0.478 e. The predicted octanol–water partition coefficient (Wildman–Crippen LogP) is 1.19. The first-order valence-corrected chi connectivity index (χ1v) is 5.73. The molecule has 2 rings (SSSR count). The molecule has 0 unspecified atom stereocenters. The lowest BCUT2D eigenvalue weighted by atomic mass is 10.1. The van der Waals surface area contributed by atoms with Crippen molar-refractivity contribution >= 4 is 5.97 Å². The summed E-state index contributed by atoms with van der Waals surface area (Å²) in [4.78, 5) is 12.9. The van der Waals surface area contributed by atoms with Gasteiger partial charge in [0.05, 0.1) is 18.7 Å². The molecule has 1 heterocycles. The Hall–Kier alpha value is -1.43. The minimum Gasteiger partial charge on any atom is -0.478 e. The van der Waals surface area contributed by atoms with Gasteiger partial charge >= 0.3 is 5.97 Å². The first-order valence-electron chi connectivity index (χ1n) is 5.73. The molecule has 5 nitrogen and oxygen atoms in total. The van der Waals surface area contributed by atoms with Crippen LogP contribution in [0.3, 0.4) is 0 Å². The van der Waals surface area contributed by atoms with Crippen LogP contribution in [-0.2, 0) is 16.0 Å². The van der Waals surface area contributed by atoms with E-state index in [0.29, 0.717) is 5.56 Å². The molecule has 0 bridgehead atoms. The maximum absolute atomic E-state index is 10.7. The van der Waals surface area contributed by atoms with Crippen molar-refractivity contribution < 1.29 is 19.4 Å². The molecule has 0 saturated carbocycles. The lowest BCUT2D eigenvalue weighted by Crippen LogP contribution is -2.63. The molecule has 0 amide bonds. The van der Waals surface area contributed by atoms with Gasteiger partial charge in [-0.1, -0.05) is 12.1 Å². The molecule has 0 atom stereocenters. The summed E-state index contributed by atoms with van der Waals surface area (Å²) in [6.07, 6.45) is 0. The van der Waals surface area contributed by atoms with Crippen LogP contribution in [0.4, 0.5) is 0 Å². The van der Waals surface area contributed by atoms with E-state index in [2.05, 4.69) is 4.90 Å². The van der Waals surface area contributed by atoms with Gasteiger partial charge in [-0.05, 0) is 17.7 Å². The van der Waals surface area contributed by atoms with Crippen LogP contribution in [0.15, 0.2) is 24.3 Å². The highest BCUT2D eigenvalue weighted by Gasteiger charge is 2.43. The fourth-order valence-corrected chi connectivity index (χ4v) is 2.10. The number of nitrogens with zero attached hydrogens (tertiary/aromatic N) is 1. The van der Waals surface area contributed by atoms with E-state index in [-0.39, 0.29) is 0 Å². The van der Waals surface area contributed by atoms with E-state index in [1.807, 2.05) is 12.1 Å². The molecule has 0 aromatic heterocycles. The number of carbonyl (C=O) groups is 1. The van der Waals surface area contributed by atoms with Crippen LogP contribution in [0.25, 0.3) is 0 Å². The molecule has 1 aromatic rings. The molecule has 98 valence electrons. The summed E-state index contributed by atoms with van der Waals surface area (Å²) in [6, 6.07) is 6.92. The zero-order valence-corrected chi connectivity index (χ0v) is 10.5. The Morgan fingerprint density at radius 2 is 1.83 bits per heavy atom. The standard InChI is InChI=1S/C13H17NO4/c1-17-13(18-2)8-14(9-13)7-10-3-5-11(6-4-10)12(15)16/h3-6H,7-9H2,1-2H3,(H,15,16). The number of ether oxygens (including phenoxy) is 2. The number of carboxylic acids is 1. The van der Waals surface area contributed by atoms with E-state index >= 15 is 0 Å². The number of rotatable bonds is 5. The average Bonchev–Trinajstić information content (AvgIpc) is 2.34. The van der Waals surface area contributed by atoms with Gasteiger partial charge in [0.25, 0.3) is 0 Å². The van der Waals surface area contributed by atoms with Crippen LogP contribution < -0.4 is 0 Å². The molecular weight excluding hydrogens is 234 g/mol. The predicted molar refractivity (Wildman–Crippen MR) is 65.4 cm³/mol. The van der Waals surface area contributed by atoms with Gasteiger partial charge in [0.1, 0.15) is 0 Å². The summed E-state index contributed by atoms with van der Waals surface area (Å²) in [5.74, 6) is -1.37.